The van der Waals surface area contributed by atoms with E-state index < -0.39 is 7.26 Å². The summed E-state index contributed by atoms with van der Waals surface area (Å²) in [6, 6.07) is 33.1. The number of nitrogens with zero attached hydrogens (tertiary/aromatic N) is 1. The number of benzene rings is 3. The van der Waals surface area contributed by atoms with Crippen LogP contribution in [0.15, 0.2) is 103 Å². The van der Waals surface area contributed by atoms with E-state index in [4.69, 9.17) is 0 Å². The van der Waals surface area contributed by atoms with Crippen molar-refractivity contribution in [2.24, 2.45) is 0 Å². The maximum absolute atomic E-state index is 16.1. The first-order chi connectivity index (χ1) is 14.8. The fraction of sp³-hybridized carbons (Fsp3) is 0.148. The predicted molar refractivity (Wildman–Crippen MR) is 128 cm³/mol. The molecule has 4 rings (SSSR count). The molecular formula is C27H26FNP+. The molecule has 0 aliphatic heterocycles. The Kier molecular flexibility index (Phi) is 6.35. The summed E-state index contributed by atoms with van der Waals surface area (Å²) in [6.45, 7) is 2.12. The van der Waals surface area contributed by atoms with Crippen molar-refractivity contribution >= 4 is 28.5 Å². The molecule has 30 heavy (non-hydrogen) atoms. The van der Waals surface area contributed by atoms with Crippen molar-refractivity contribution in [3.63, 3.8) is 0 Å². The average molecular weight is 414 g/mol. The second kappa shape index (κ2) is 9.32. The lowest BCUT2D eigenvalue weighted by Crippen LogP contribution is -2.40. The Bertz CT molecular complexity index is 985. The summed E-state index contributed by atoms with van der Waals surface area (Å²) in [5, 5.41) is 4.20. The van der Waals surface area contributed by atoms with Crippen LogP contribution in [0.3, 0.4) is 0 Å². The summed E-state index contributed by atoms with van der Waals surface area (Å²) in [6.07, 6.45) is 4.39. The first-order valence-corrected chi connectivity index (χ1v) is 12.3. The lowest BCUT2D eigenvalue weighted by molar-refractivity contribution is 0.599. The van der Waals surface area contributed by atoms with Gasteiger partial charge in [-0.05, 0) is 49.2 Å². The Morgan fingerprint density at radius 3 is 1.60 bits per heavy atom. The molecule has 3 aromatic carbocycles. The number of hydrogen-bond acceptors (Lipinski definition) is 1. The minimum absolute atomic E-state index is 0.157. The molecule has 0 saturated carbocycles. The van der Waals surface area contributed by atoms with Crippen molar-refractivity contribution in [3.8, 4) is 0 Å². The second-order valence-electron chi connectivity index (χ2n) is 7.37. The fourth-order valence-electron chi connectivity index (χ4n) is 4.07. The standard InChI is InChI=1S/C27H26FNP/c1-2-3-19-25-27(28)26(20-21-29-25)30(22-13-7-4-8-14-22,23-15-9-5-10-16-23)24-17-11-6-12-18-24/h4-18,20-21H,2-3,19H2,1H3/q+1. The molecule has 1 heterocycles. The normalized spacial score (nSPS) is 11.4. The number of pyridine rings is 1. The van der Waals surface area contributed by atoms with Gasteiger partial charge >= 0.3 is 0 Å². The zero-order valence-electron chi connectivity index (χ0n) is 17.2. The van der Waals surface area contributed by atoms with Gasteiger partial charge in [-0.1, -0.05) is 67.9 Å². The SMILES string of the molecule is CCCCc1nccc([P+](c2ccccc2)(c2ccccc2)c2ccccc2)c1F. The van der Waals surface area contributed by atoms with Gasteiger partial charge in [0.15, 0.2) is 5.82 Å². The van der Waals surface area contributed by atoms with Gasteiger partial charge in [-0.15, -0.1) is 0 Å². The number of aryl methyl sites for hydroxylation is 1. The molecule has 0 spiro atoms. The summed E-state index contributed by atoms with van der Waals surface area (Å²) >= 11 is 0. The molecule has 0 saturated heterocycles. The predicted octanol–water partition coefficient (Wildman–Crippen LogP) is 5.18. The largest absolute Gasteiger partial charge is 0.258 e. The van der Waals surface area contributed by atoms with Crippen LogP contribution in [0.25, 0.3) is 0 Å². The Labute approximate surface area is 179 Å². The summed E-state index contributed by atoms with van der Waals surface area (Å²) < 4.78 is 16.1. The molecule has 0 aliphatic carbocycles. The molecule has 4 aromatic rings. The Morgan fingerprint density at radius 2 is 1.17 bits per heavy atom. The highest BCUT2D eigenvalue weighted by atomic mass is 31.2. The van der Waals surface area contributed by atoms with Crippen molar-refractivity contribution in [1.29, 1.82) is 0 Å². The van der Waals surface area contributed by atoms with Gasteiger partial charge in [0.25, 0.3) is 0 Å². The lowest BCUT2D eigenvalue weighted by atomic mass is 10.2. The topological polar surface area (TPSA) is 12.9 Å². The highest BCUT2D eigenvalue weighted by Crippen LogP contribution is 2.54. The molecule has 0 aliphatic rings. The van der Waals surface area contributed by atoms with Gasteiger partial charge in [0.1, 0.15) is 28.5 Å². The molecule has 150 valence electrons. The van der Waals surface area contributed by atoms with Gasteiger partial charge < -0.3 is 0 Å². The fourth-order valence-corrected chi connectivity index (χ4v) is 8.37. The van der Waals surface area contributed by atoms with E-state index in [1.807, 2.05) is 60.7 Å². The maximum atomic E-state index is 16.1. The first-order valence-electron chi connectivity index (χ1n) is 10.5. The third-order valence-electron chi connectivity index (χ3n) is 5.50. The number of hydrogen-bond donors (Lipinski definition) is 0. The molecule has 0 atom stereocenters. The van der Waals surface area contributed by atoms with E-state index in [1.165, 1.54) is 0 Å². The van der Waals surface area contributed by atoms with E-state index in [9.17, 15) is 0 Å². The summed E-state index contributed by atoms with van der Waals surface area (Å²) in [7, 11) is -2.42. The molecule has 0 fully saturated rings. The van der Waals surface area contributed by atoms with Gasteiger partial charge in [0.05, 0.1) is 5.69 Å². The molecule has 0 N–H and O–H groups in total. The smallest absolute Gasteiger partial charge is 0.187 e. The van der Waals surface area contributed by atoms with E-state index in [1.54, 1.807) is 6.20 Å². The van der Waals surface area contributed by atoms with Crippen molar-refractivity contribution in [1.82, 2.24) is 4.98 Å². The Balaban J connectivity index is 2.09. The third kappa shape index (κ3) is 3.68. The van der Waals surface area contributed by atoms with Gasteiger partial charge in [0, 0.05) is 12.3 Å². The zero-order valence-corrected chi connectivity index (χ0v) is 18.1. The van der Waals surface area contributed by atoms with Gasteiger partial charge in [-0.2, -0.15) is 0 Å². The van der Waals surface area contributed by atoms with Crippen LogP contribution in [0.4, 0.5) is 4.39 Å². The van der Waals surface area contributed by atoms with Crippen molar-refractivity contribution in [2.45, 2.75) is 26.2 Å². The lowest BCUT2D eigenvalue weighted by Gasteiger charge is -2.28. The maximum Gasteiger partial charge on any atom is 0.187 e. The molecule has 3 heteroatoms. The summed E-state index contributed by atoms with van der Waals surface area (Å²) in [4.78, 5) is 4.41. The van der Waals surface area contributed by atoms with E-state index in [0.29, 0.717) is 12.1 Å². The molecule has 1 aromatic heterocycles. The molecule has 0 unspecified atom stereocenters. The quantitative estimate of drug-likeness (QED) is 0.380. The number of rotatable bonds is 7. The highest BCUT2D eigenvalue weighted by Gasteiger charge is 2.50. The van der Waals surface area contributed by atoms with Crippen LogP contribution in [0.5, 0.6) is 0 Å². The molecule has 0 radical (unpaired) electrons. The highest BCUT2D eigenvalue weighted by molar-refractivity contribution is 8.01. The monoisotopic (exact) mass is 414 g/mol. The molecular weight excluding hydrogens is 388 g/mol. The number of aromatic nitrogens is 1. The van der Waals surface area contributed by atoms with Crippen molar-refractivity contribution in [3.05, 3.63) is 115 Å². The third-order valence-corrected chi connectivity index (χ3v) is 9.79. The molecule has 1 nitrogen and oxygen atoms in total. The van der Waals surface area contributed by atoms with E-state index in [0.717, 1.165) is 34.1 Å². The average Bonchev–Trinajstić information content (AvgIpc) is 2.82. The van der Waals surface area contributed by atoms with Crippen LogP contribution in [-0.2, 0) is 6.42 Å². The van der Waals surface area contributed by atoms with Gasteiger partial charge in [-0.3, -0.25) is 4.98 Å². The zero-order chi connectivity index (χ0) is 20.8. The van der Waals surface area contributed by atoms with Crippen molar-refractivity contribution < 1.29 is 4.39 Å². The van der Waals surface area contributed by atoms with Crippen LogP contribution in [0.2, 0.25) is 0 Å². The number of unbranched alkanes of at least 4 members (excludes halogenated alkanes) is 1. The van der Waals surface area contributed by atoms with E-state index >= 15 is 4.39 Å². The molecule has 0 amide bonds. The van der Waals surface area contributed by atoms with E-state index in [2.05, 4.69) is 48.3 Å². The van der Waals surface area contributed by atoms with Crippen LogP contribution >= 0.6 is 7.26 Å². The van der Waals surface area contributed by atoms with Crippen LogP contribution < -0.4 is 21.2 Å². The van der Waals surface area contributed by atoms with Gasteiger partial charge in [-0.25, -0.2) is 4.39 Å². The molecule has 0 bridgehead atoms. The second-order valence-corrected chi connectivity index (χ2v) is 10.7. The summed E-state index contributed by atoms with van der Waals surface area (Å²) in [5.74, 6) is -0.157. The minimum atomic E-state index is -2.42. The minimum Gasteiger partial charge on any atom is -0.258 e. The van der Waals surface area contributed by atoms with Crippen LogP contribution in [-0.4, -0.2) is 4.98 Å². The Morgan fingerprint density at radius 1 is 0.700 bits per heavy atom. The Hall–Kier alpha value is -2.83. The number of halogens is 1. The van der Waals surface area contributed by atoms with Gasteiger partial charge in [0.2, 0.25) is 0 Å². The first kappa shape index (κ1) is 20.4. The van der Waals surface area contributed by atoms with Crippen LogP contribution in [0.1, 0.15) is 25.5 Å². The van der Waals surface area contributed by atoms with Crippen molar-refractivity contribution in [2.75, 3.05) is 0 Å². The van der Waals surface area contributed by atoms with Crippen LogP contribution in [0, 0.1) is 5.82 Å². The van der Waals surface area contributed by atoms with E-state index in [-0.39, 0.29) is 5.82 Å². The summed E-state index contributed by atoms with van der Waals surface area (Å²) in [5.41, 5.74) is 0.571.